The van der Waals surface area contributed by atoms with E-state index in [2.05, 4.69) is 24.9 Å². The molecule has 0 bridgehead atoms. The molecule has 0 spiro atoms. The molecule has 0 saturated carbocycles. The highest BCUT2D eigenvalue weighted by molar-refractivity contribution is 7.03. The number of anilines is 1. The minimum atomic E-state index is -0.703. The van der Waals surface area contributed by atoms with Crippen LogP contribution in [0.5, 0.6) is 17.4 Å². The summed E-state index contributed by atoms with van der Waals surface area (Å²) in [5, 5.41) is 20.7. The minimum absolute atomic E-state index is 0.0182. The van der Waals surface area contributed by atoms with Gasteiger partial charge < -0.3 is 19.5 Å². The number of methoxy groups -OCH3 is 2. The largest absolute Gasteiger partial charge is 0.493 e. The van der Waals surface area contributed by atoms with Crippen molar-refractivity contribution in [2.75, 3.05) is 19.5 Å². The molecule has 1 N–H and O–H groups in total. The van der Waals surface area contributed by atoms with Crippen LogP contribution < -0.4 is 14.8 Å². The molecule has 178 valence electrons. The van der Waals surface area contributed by atoms with Gasteiger partial charge in [-0.3, -0.25) is 10.1 Å². The molecule has 0 unspecified atom stereocenters. The number of hydrogen-bond acceptors (Lipinski definition) is 12. The SMILES string of the molecule is COC(=O)c1cccc(OC)c1Oc1ncnc(NCc2ccc(-c3csnn3)cc2)c1[N+](=O)[O-]. The predicted octanol–water partition coefficient (Wildman–Crippen LogP) is 4.10. The molecule has 2 aromatic carbocycles. The molecule has 4 aromatic rings. The third kappa shape index (κ3) is 5.14. The van der Waals surface area contributed by atoms with Gasteiger partial charge >= 0.3 is 17.5 Å². The fraction of sp³-hybridized carbons (Fsp3) is 0.136. The van der Waals surface area contributed by atoms with E-state index in [0.717, 1.165) is 23.1 Å². The van der Waals surface area contributed by atoms with E-state index in [1.165, 1.54) is 31.8 Å². The molecule has 0 amide bonds. The van der Waals surface area contributed by atoms with E-state index in [4.69, 9.17) is 14.2 Å². The number of ether oxygens (including phenoxy) is 3. The van der Waals surface area contributed by atoms with Gasteiger partial charge in [-0.15, -0.1) is 5.10 Å². The molecule has 2 aromatic heterocycles. The van der Waals surface area contributed by atoms with Crippen molar-refractivity contribution in [1.29, 1.82) is 0 Å². The number of esters is 1. The summed E-state index contributed by atoms with van der Waals surface area (Å²) in [6.07, 6.45) is 1.12. The number of hydrogen-bond donors (Lipinski definition) is 1. The molecule has 12 nitrogen and oxygen atoms in total. The zero-order valence-electron chi connectivity index (χ0n) is 18.5. The van der Waals surface area contributed by atoms with Crippen molar-refractivity contribution in [3.05, 3.63) is 75.4 Å². The number of benzene rings is 2. The lowest BCUT2D eigenvalue weighted by atomic mass is 10.1. The Morgan fingerprint density at radius 3 is 2.60 bits per heavy atom. The Hall–Kier alpha value is -4.65. The lowest BCUT2D eigenvalue weighted by Crippen LogP contribution is -2.09. The fourth-order valence-corrected chi connectivity index (χ4v) is 3.62. The standard InChI is InChI=1S/C22H18N6O6S/c1-32-17-5-3-4-15(22(29)33-2)19(17)34-21-18(28(30)31)20(24-12-25-21)23-10-13-6-8-14(9-7-13)16-11-35-27-26-16/h3-9,11-12H,10H2,1-2H3,(H,23,24,25). The van der Waals surface area contributed by atoms with Crippen LogP contribution in [-0.2, 0) is 11.3 Å². The number of para-hydroxylation sites is 1. The molecule has 0 aliphatic heterocycles. The lowest BCUT2D eigenvalue weighted by molar-refractivity contribution is -0.385. The normalized spacial score (nSPS) is 10.5. The van der Waals surface area contributed by atoms with Crippen LogP contribution in [0.2, 0.25) is 0 Å². The Balaban J connectivity index is 1.61. The number of carbonyl (C=O) groups excluding carboxylic acids is 1. The smallest absolute Gasteiger partial charge is 0.373 e. The highest BCUT2D eigenvalue weighted by Gasteiger charge is 2.28. The van der Waals surface area contributed by atoms with E-state index in [1.807, 2.05) is 29.6 Å². The average molecular weight is 494 g/mol. The van der Waals surface area contributed by atoms with Crippen molar-refractivity contribution in [3.8, 4) is 28.6 Å². The molecule has 0 fully saturated rings. The van der Waals surface area contributed by atoms with Gasteiger partial charge in [-0.25, -0.2) is 9.78 Å². The second kappa shape index (κ2) is 10.5. The Kier molecular flexibility index (Phi) is 7.07. The third-order valence-electron chi connectivity index (χ3n) is 4.84. The van der Waals surface area contributed by atoms with Gasteiger partial charge in [-0.1, -0.05) is 34.8 Å². The second-order valence-corrected chi connectivity index (χ2v) is 7.51. The van der Waals surface area contributed by atoms with Crippen molar-refractivity contribution < 1.29 is 23.9 Å². The summed E-state index contributed by atoms with van der Waals surface area (Å²) in [4.78, 5) is 31.4. The van der Waals surface area contributed by atoms with E-state index >= 15 is 0 Å². The maximum atomic E-state index is 12.2. The van der Waals surface area contributed by atoms with Gasteiger partial charge in [0.1, 0.15) is 17.6 Å². The fourth-order valence-electron chi connectivity index (χ4n) is 3.15. The minimum Gasteiger partial charge on any atom is -0.493 e. The average Bonchev–Trinajstić information content (AvgIpc) is 3.42. The molecule has 0 radical (unpaired) electrons. The van der Waals surface area contributed by atoms with Crippen molar-refractivity contribution in [1.82, 2.24) is 19.6 Å². The quantitative estimate of drug-likeness (QED) is 0.203. The number of aromatic nitrogens is 4. The van der Waals surface area contributed by atoms with Gasteiger partial charge in [0.15, 0.2) is 11.5 Å². The number of carbonyl (C=O) groups is 1. The van der Waals surface area contributed by atoms with E-state index in [0.29, 0.717) is 0 Å². The Bertz CT molecular complexity index is 1350. The second-order valence-electron chi connectivity index (χ2n) is 6.90. The van der Waals surface area contributed by atoms with Crippen LogP contribution in [0.25, 0.3) is 11.3 Å². The summed E-state index contributed by atoms with van der Waals surface area (Å²) < 4.78 is 19.6. The summed E-state index contributed by atoms with van der Waals surface area (Å²) >= 11 is 1.26. The molecule has 0 aliphatic carbocycles. The Labute approximate surface area is 202 Å². The molecular formula is C22H18N6O6S. The zero-order valence-corrected chi connectivity index (χ0v) is 19.3. The van der Waals surface area contributed by atoms with Crippen LogP contribution in [0.1, 0.15) is 15.9 Å². The van der Waals surface area contributed by atoms with Crippen molar-refractivity contribution in [3.63, 3.8) is 0 Å². The van der Waals surface area contributed by atoms with E-state index in [9.17, 15) is 14.9 Å². The van der Waals surface area contributed by atoms with Crippen molar-refractivity contribution in [2.24, 2.45) is 0 Å². The highest BCUT2D eigenvalue weighted by atomic mass is 32.1. The summed E-state index contributed by atoms with van der Waals surface area (Å²) in [7, 11) is 2.59. The number of rotatable bonds is 9. The number of nitro groups is 1. The molecule has 13 heteroatoms. The lowest BCUT2D eigenvalue weighted by Gasteiger charge is -2.14. The summed E-state index contributed by atoms with van der Waals surface area (Å²) in [6, 6.07) is 12.0. The molecule has 0 atom stereocenters. The summed E-state index contributed by atoms with van der Waals surface area (Å²) in [5.41, 5.74) is 2.05. The maximum Gasteiger partial charge on any atom is 0.373 e. The maximum absolute atomic E-state index is 12.2. The van der Waals surface area contributed by atoms with E-state index in [1.54, 1.807) is 12.1 Å². The first-order valence-corrected chi connectivity index (χ1v) is 10.9. The molecule has 0 saturated heterocycles. The molecule has 2 heterocycles. The van der Waals surface area contributed by atoms with Crippen molar-refractivity contribution >= 4 is 29.0 Å². The Morgan fingerprint density at radius 1 is 1.14 bits per heavy atom. The summed E-state index contributed by atoms with van der Waals surface area (Å²) in [5.74, 6) is -1.02. The Morgan fingerprint density at radius 2 is 1.94 bits per heavy atom. The third-order valence-corrected chi connectivity index (χ3v) is 5.35. The van der Waals surface area contributed by atoms with Gasteiger partial charge in [0.05, 0.1) is 19.1 Å². The van der Waals surface area contributed by atoms with E-state index in [-0.39, 0.29) is 35.3 Å². The van der Waals surface area contributed by atoms with Crippen molar-refractivity contribution in [2.45, 2.75) is 6.54 Å². The first kappa shape index (κ1) is 23.5. The van der Waals surface area contributed by atoms with Crippen LogP contribution in [0, 0.1) is 10.1 Å². The molecular weight excluding hydrogens is 476 g/mol. The topological polar surface area (TPSA) is 151 Å². The predicted molar refractivity (Wildman–Crippen MR) is 126 cm³/mol. The first-order valence-electron chi connectivity index (χ1n) is 10.0. The molecule has 35 heavy (non-hydrogen) atoms. The van der Waals surface area contributed by atoms with Crippen LogP contribution >= 0.6 is 11.5 Å². The summed E-state index contributed by atoms with van der Waals surface area (Å²) in [6.45, 7) is 0.245. The highest BCUT2D eigenvalue weighted by Crippen LogP contribution is 2.40. The monoisotopic (exact) mass is 494 g/mol. The van der Waals surface area contributed by atoms with Crippen LogP contribution in [0.3, 0.4) is 0 Å². The van der Waals surface area contributed by atoms with Crippen LogP contribution in [-0.4, -0.2) is 44.7 Å². The zero-order chi connectivity index (χ0) is 24.8. The van der Waals surface area contributed by atoms with Gasteiger partial charge in [0, 0.05) is 17.5 Å². The van der Waals surface area contributed by atoms with Crippen LogP contribution in [0.15, 0.2) is 54.2 Å². The van der Waals surface area contributed by atoms with Gasteiger partial charge in [-0.05, 0) is 29.2 Å². The van der Waals surface area contributed by atoms with Gasteiger partial charge in [-0.2, -0.15) is 4.98 Å². The van der Waals surface area contributed by atoms with E-state index < -0.39 is 16.6 Å². The number of nitrogens with one attached hydrogen (secondary N) is 1. The molecule has 4 rings (SSSR count). The van der Waals surface area contributed by atoms with Crippen LogP contribution in [0.4, 0.5) is 11.5 Å². The number of nitrogens with zero attached hydrogens (tertiary/aromatic N) is 5. The van der Waals surface area contributed by atoms with Gasteiger partial charge in [0.2, 0.25) is 5.82 Å². The first-order chi connectivity index (χ1) is 17.0. The van der Waals surface area contributed by atoms with Gasteiger partial charge in [0.25, 0.3) is 0 Å². The molecule has 0 aliphatic rings.